The van der Waals surface area contributed by atoms with Crippen molar-refractivity contribution in [1.82, 2.24) is 20.4 Å². The Kier molecular flexibility index (Phi) is 14.2. The standard InChI is InChI=1S/C28H45N5O9S/c1-15(2)25(37)18(29)14-43-21(26(38)31-8-10-42-20-12-24(36)33(17(5)6)28(20)40)13-22(34)30-7-9-41-19-11-23(35)32(16(3)4)27(19)39/h15-21H,7-14,29H2,1-6H3,(H,30,34)(H,31,38). The zero-order valence-electron chi connectivity index (χ0n) is 25.8. The summed E-state index contributed by atoms with van der Waals surface area (Å²) in [6.07, 6.45) is -2.13. The molecule has 4 N–H and O–H groups in total. The van der Waals surface area contributed by atoms with Gasteiger partial charge in [0.2, 0.25) is 23.6 Å². The Morgan fingerprint density at radius 2 is 1.30 bits per heavy atom. The Hall–Kier alpha value is -2.88. The number of amides is 6. The average Bonchev–Trinajstić information content (AvgIpc) is 3.38. The van der Waals surface area contributed by atoms with Crippen molar-refractivity contribution in [3.8, 4) is 0 Å². The van der Waals surface area contributed by atoms with Gasteiger partial charge in [-0.05, 0) is 27.7 Å². The number of carbonyl (C=O) groups is 7. The van der Waals surface area contributed by atoms with E-state index in [1.54, 1.807) is 41.5 Å². The minimum absolute atomic E-state index is 0.00685. The van der Waals surface area contributed by atoms with Crippen molar-refractivity contribution in [1.29, 1.82) is 0 Å². The van der Waals surface area contributed by atoms with E-state index in [1.165, 1.54) is 0 Å². The molecular weight excluding hydrogens is 582 g/mol. The van der Waals surface area contributed by atoms with E-state index in [4.69, 9.17) is 15.2 Å². The molecule has 43 heavy (non-hydrogen) atoms. The second-order valence-corrected chi connectivity index (χ2v) is 12.6. The molecule has 0 saturated carbocycles. The summed E-state index contributed by atoms with van der Waals surface area (Å²) in [7, 11) is 0. The van der Waals surface area contributed by atoms with E-state index in [0.29, 0.717) is 0 Å². The topological polar surface area (TPSA) is 195 Å². The first-order chi connectivity index (χ1) is 20.1. The van der Waals surface area contributed by atoms with Crippen LogP contribution in [0.1, 0.15) is 60.8 Å². The molecule has 0 aromatic rings. The molecule has 4 unspecified atom stereocenters. The van der Waals surface area contributed by atoms with Crippen molar-refractivity contribution in [2.45, 2.75) is 96.4 Å². The Balaban J connectivity index is 1.86. The fourth-order valence-electron chi connectivity index (χ4n) is 4.67. The fourth-order valence-corrected chi connectivity index (χ4v) is 5.78. The van der Waals surface area contributed by atoms with Gasteiger partial charge in [-0.1, -0.05) is 13.8 Å². The van der Waals surface area contributed by atoms with Crippen molar-refractivity contribution in [2.75, 3.05) is 32.1 Å². The number of nitrogens with zero attached hydrogens (tertiary/aromatic N) is 2. The quantitative estimate of drug-likeness (QED) is 0.129. The zero-order valence-corrected chi connectivity index (χ0v) is 26.6. The molecule has 0 aliphatic carbocycles. The lowest BCUT2D eigenvalue weighted by Crippen LogP contribution is -2.42. The van der Waals surface area contributed by atoms with Gasteiger partial charge in [0.1, 0.15) is 12.2 Å². The van der Waals surface area contributed by atoms with Crippen LogP contribution in [-0.2, 0) is 43.0 Å². The van der Waals surface area contributed by atoms with Gasteiger partial charge in [0, 0.05) is 43.3 Å². The number of carbonyl (C=O) groups excluding carboxylic acids is 7. The normalized spacial score (nSPS) is 20.5. The van der Waals surface area contributed by atoms with Gasteiger partial charge in [-0.15, -0.1) is 11.8 Å². The van der Waals surface area contributed by atoms with Gasteiger partial charge in [-0.2, -0.15) is 0 Å². The van der Waals surface area contributed by atoms with Crippen molar-refractivity contribution >= 4 is 53.0 Å². The third kappa shape index (κ3) is 10.4. The SMILES string of the molecule is CC(C)C(=O)C(N)CSC(CC(=O)NCCOC1CC(=O)N(C(C)C)C1=O)C(=O)NCCOC1CC(=O)N(C(C)C)C1=O. The Morgan fingerprint density at radius 1 is 0.837 bits per heavy atom. The summed E-state index contributed by atoms with van der Waals surface area (Å²) >= 11 is 1.08. The summed E-state index contributed by atoms with van der Waals surface area (Å²) in [6.45, 7) is 10.5. The van der Waals surface area contributed by atoms with E-state index in [9.17, 15) is 33.6 Å². The van der Waals surface area contributed by atoms with Crippen LogP contribution in [0, 0.1) is 5.92 Å². The molecule has 2 saturated heterocycles. The van der Waals surface area contributed by atoms with Crippen LogP contribution in [0.2, 0.25) is 0 Å². The van der Waals surface area contributed by atoms with Gasteiger partial charge in [0.05, 0.1) is 37.3 Å². The first-order valence-electron chi connectivity index (χ1n) is 14.6. The smallest absolute Gasteiger partial charge is 0.259 e. The number of Topliss-reactive ketones (excluding diaryl/α,β-unsaturated/α-hetero) is 1. The molecule has 0 aromatic carbocycles. The van der Waals surface area contributed by atoms with Crippen LogP contribution in [-0.4, -0.2) is 119 Å². The maximum Gasteiger partial charge on any atom is 0.259 e. The number of likely N-dealkylation sites (tertiary alicyclic amines) is 2. The number of ketones is 1. The molecule has 6 amide bonds. The average molecular weight is 628 g/mol. The largest absolute Gasteiger partial charge is 0.366 e. The van der Waals surface area contributed by atoms with E-state index < -0.39 is 47.1 Å². The van der Waals surface area contributed by atoms with Gasteiger partial charge in [0.25, 0.3) is 11.8 Å². The second kappa shape index (κ2) is 16.8. The molecule has 2 aliphatic rings. The summed E-state index contributed by atoms with van der Waals surface area (Å²) in [4.78, 5) is 89.0. The fraction of sp³-hybridized carbons (Fsp3) is 0.750. The van der Waals surface area contributed by atoms with E-state index in [0.717, 1.165) is 21.6 Å². The zero-order chi connectivity index (χ0) is 32.4. The van der Waals surface area contributed by atoms with Gasteiger partial charge in [0.15, 0.2) is 5.78 Å². The summed E-state index contributed by atoms with van der Waals surface area (Å²) in [6, 6.07) is -1.36. The van der Waals surface area contributed by atoms with Crippen LogP contribution in [0.3, 0.4) is 0 Å². The molecule has 0 spiro atoms. The van der Waals surface area contributed by atoms with Gasteiger partial charge >= 0.3 is 0 Å². The Labute approximate surface area is 256 Å². The van der Waals surface area contributed by atoms with Crippen LogP contribution < -0.4 is 16.4 Å². The Morgan fingerprint density at radius 3 is 1.72 bits per heavy atom. The van der Waals surface area contributed by atoms with Crippen molar-refractivity contribution in [3.63, 3.8) is 0 Å². The molecule has 2 fully saturated rings. The molecule has 2 rings (SSSR count). The molecule has 0 aromatic heterocycles. The number of nitrogens with one attached hydrogen (secondary N) is 2. The molecule has 0 radical (unpaired) electrons. The van der Waals surface area contributed by atoms with Crippen LogP contribution >= 0.6 is 11.8 Å². The van der Waals surface area contributed by atoms with E-state index in [-0.39, 0.29) is 86.9 Å². The first kappa shape index (κ1) is 36.3. The lowest BCUT2D eigenvalue weighted by molar-refractivity contribution is -0.145. The lowest BCUT2D eigenvalue weighted by atomic mass is 10.0. The highest BCUT2D eigenvalue weighted by Gasteiger charge is 2.41. The first-order valence-corrected chi connectivity index (χ1v) is 15.6. The van der Waals surface area contributed by atoms with E-state index in [2.05, 4.69) is 10.6 Å². The predicted octanol–water partition coefficient (Wildman–Crippen LogP) is -0.632. The van der Waals surface area contributed by atoms with Crippen molar-refractivity contribution < 1.29 is 43.0 Å². The minimum atomic E-state index is -0.906. The molecule has 15 heteroatoms. The van der Waals surface area contributed by atoms with Crippen LogP contribution in [0.15, 0.2) is 0 Å². The molecule has 0 bridgehead atoms. The third-order valence-corrected chi connectivity index (χ3v) is 8.19. The van der Waals surface area contributed by atoms with Crippen LogP contribution in [0.25, 0.3) is 0 Å². The lowest BCUT2D eigenvalue weighted by Gasteiger charge is -2.20. The maximum absolute atomic E-state index is 13.0. The summed E-state index contributed by atoms with van der Waals surface area (Å²) in [5.74, 6) is -2.70. The number of ether oxygens (including phenoxy) is 2. The number of rotatable bonds is 18. The third-order valence-electron chi connectivity index (χ3n) is 6.85. The second-order valence-electron chi connectivity index (χ2n) is 11.3. The van der Waals surface area contributed by atoms with Crippen LogP contribution in [0.5, 0.6) is 0 Å². The monoisotopic (exact) mass is 627 g/mol. The molecule has 14 nitrogen and oxygen atoms in total. The Bertz CT molecular complexity index is 1070. The van der Waals surface area contributed by atoms with Crippen molar-refractivity contribution in [2.24, 2.45) is 11.7 Å². The highest BCUT2D eigenvalue weighted by molar-refractivity contribution is 8.00. The predicted molar refractivity (Wildman–Crippen MR) is 157 cm³/mol. The number of thioether (sulfide) groups is 1. The van der Waals surface area contributed by atoms with Gasteiger partial charge in [-0.3, -0.25) is 43.4 Å². The number of hydrogen-bond acceptors (Lipinski definition) is 11. The van der Waals surface area contributed by atoms with E-state index in [1.807, 2.05) is 0 Å². The highest BCUT2D eigenvalue weighted by Crippen LogP contribution is 2.20. The van der Waals surface area contributed by atoms with E-state index >= 15 is 0 Å². The molecular formula is C28H45N5O9S. The molecule has 2 heterocycles. The number of nitrogens with two attached hydrogens (primary N) is 1. The highest BCUT2D eigenvalue weighted by atomic mass is 32.2. The van der Waals surface area contributed by atoms with Gasteiger partial charge < -0.3 is 25.8 Å². The van der Waals surface area contributed by atoms with Crippen LogP contribution in [0.4, 0.5) is 0 Å². The molecule has 242 valence electrons. The maximum atomic E-state index is 13.0. The van der Waals surface area contributed by atoms with Gasteiger partial charge in [-0.25, -0.2) is 0 Å². The molecule has 2 aliphatic heterocycles. The summed E-state index contributed by atoms with van der Waals surface area (Å²) in [5, 5.41) is 4.44. The minimum Gasteiger partial charge on any atom is -0.366 e. The number of hydrogen-bond donors (Lipinski definition) is 3. The molecule has 4 atom stereocenters. The summed E-state index contributed by atoms with van der Waals surface area (Å²) in [5.41, 5.74) is 6.00. The van der Waals surface area contributed by atoms with Crippen molar-refractivity contribution in [3.05, 3.63) is 0 Å². The summed E-state index contributed by atoms with van der Waals surface area (Å²) < 4.78 is 11.0. The number of imide groups is 2.